The summed E-state index contributed by atoms with van der Waals surface area (Å²) in [6.45, 7) is 8.55. The number of halogens is 1. The molecule has 182 valence electrons. The summed E-state index contributed by atoms with van der Waals surface area (Å²) in [7, 11) is 1.58. The van der Waals surface area contributed by atoms with Crippen molar-refractivity contribution < 1.29 is 19.0 Å². The molecule has 0 saturated heterocycles. The van der Waals surface area contributed by atoms with Crippen molar-refractivity contribution in [2.45, 2.75) is 64.8 Å². The molecular formula is C26H32FN3O4. The molecule has 1 aromatic heterocycles. The van der Waals surface area contributed by atoms with Gasteiger partial charge in [0.15, 0.2) is 17.7 Å². The molecule has 0 bridgehead atoms. The van der Waals surface area contributed by atoms with Gasteiger partial charge in [0.2, 0.25) is 5.43 Å². The first kappa shape index (κ1) is 24.0. The Kier molecular flexibility index (Phi) is 6.79. The molecule has 34 heavy (non-hydrogen) atoms. The van der Waals surface area contributed by atoms with E-state index in [9.17, 15) is 19.1 Å². The molecule has 2 aliphatic heterocycles. The van der Waals surface area contributed by atoms with Gasteiger partial charge in [0.25, 0.3) is 5.91 Å². The number of carbonyl (C=O) groups is 1. The van der Waals surface area contributed by atoms with Crippen molar-refractivity contribution in [3.63, 3.8) is 0 Å². The summed E-state index contributed by atoms with van der Waals surface area (Å²) in [5, 5.41) is 13.9. The summed E-state index contributed by atoms with van der Waals surface area (Å²) in [6, 6.07) is 4.75. The number of amides is 1. The van der Waals surface area contributed by atoms with Crippen LogP contribution in [0.15, 0.2) is 29.6 Å². The van der Waals surface area contributed by atoms with Gasteiger partial charge >= 0.3 is 0 Å². The maximum atomic E-state index is 14.3. The van der Waals surface area contributed by atoms with Crippen molar-refractivity contribution >= 4 is 11.6 Å². The molecule has 4 rings (SSSR count). The number of nitrogens with one attached hydrogen (secondary N) is 1. The molecule has 0 radical (unpaired) electrons. The fraction of sp³-hybridized carbons (Fsp3) is 0.462. The third-order valence-corrected chi connectivity index (χ3v) is 6.84. The van der Waals surface area contributed by atoms with E-state index in [-0.39, 0.29) is 35.4 Å². The Bertz CT molecular complexity index is 1190. The number of hydrogen-bond donors (Lipinski definition) is 2. The van der Waals surface area contributed by atoms with Crippen LogP contribution in [0.2, 0.25) is 0 Å². The maximum Gasteiger partial charge on any atom is 0.276 e. The highest BCUT2D eigenvalue weighted by atomic mass is 19.1. The second-order valence-electron chi connectivity index (χ2n) is 9.08. The van der Waals surface area contributed by atoms with Crippen LogP contribution in [0.5, 0.6) is 5.75 Å². The van der Waals surface area contributed by atoms with Gasteiger partial charge in [-0.3, -0.25) is 9.59 Å². The molecule has 1 amide bonds. The summed E-state index contributed by atoms with van der Waals surface area (Å²) in [6.07, 6.45) is 3.54. The number of carbonyl (C=O) groups excluding carboxylic acids is 1. The Morgan fingerprint density at radius 2 is 2.09 bits per heavy atom. The lowest BCUT2D eigenvalue weighted by Crippen LogP contribution is -2.52. The highest BCUT2D eigenvalue weighted by Crippen LogP contribution is 2.41. The van der Waals surface area contributed by atoms with Gasteiger partial charge in [0.05, 0.1) is 11.6 Å². The molecule has 0 aliphatic carbocycles. The molecule has 2 aromatic rings. The van der Waals surface area contributed by atoms with Crippen molar-refractivity contribution in [3.05, 3.63) is 68.9 Å². The molecular weight excluding hydrogens is 437 g/mol. The largest absolute Gasteiger partial charge is 0.503 e. The highest BCUT2D eigenvalue weighted by Gasteiger charge is 2.46. The van der Waals surface area contributed by atoms with Crippen LogP contribution in [0.1, 0.15) is 71.5 Å². The van der Waals surface area contributed by atoms with Crippen molar-refractivity contribution in [1.82, 2.24) is 14.8 Å². The summed E-state index contributed by atoms with van der Waals surface area (Å²) in [5.41, 5.74) is 1.82. The number of rotatable bonds is 9. The number of pyridine rings is 1. The molecule has 3 heterocycles. The van der Waals surface area contributed by atoms with Crippen LogP contribution in [-0.2, 0) is 17.7 Å². The zero-order chi connectivity index (χ0) is 24.6. The minimum atomic E-state index is -0.637. The topological polar surface area (TPSA) is 83.8 Å². The van der Waals surface area contributed by atoms with E-state index in [1.807, 2.05) is 13.0 Å². The van der Waals surface area contributed by atoms with Gasteiger partial charge in [-0.1, -0.05) is 38.5 Å². The van der Waals surface area contributed by atoms with Gasteiger partial charge in [0, 0.05) is 37.2 Å². The van der Waals surface area contributed by atoms with Crippen LogP contribution in [0, 0.1) is 12.7 Å². The van der Waals surface area contributed by atoms with Crippen molar-refractivity contribution in [1.29, 1.82) is 0 Å². The number of benzene rings is 1. The van der Waals surface area contributed by atoms with E-state index in [1.54, 1.807) is 22.6 Å². The van der Waals surface area contributed by atoms with E-state index in [0.717, 1.165) is 24.8 Å². The van der Waals surface area contributed by atoms with Gasteiger partial charge in [0.1, 0.15) is 5.82 Å². The second kappa shape index (κ2) is 9.62. The molecule has 0 spiro atoms. The zero-order valence-electron chi connectivity index (χ0n) is 20.0. The minimum absolute atomic E-state index is 0.0217. The van der Waals surface area contributed by atoms with E-state index >= 15 is 0 Å². The number of methoxy groups -OCH3 is 1. The lowest BCUT2D eigenvalue weighted by atomic mass is 10.0. The number of hydrogen-bond acceptors (Lipinski definition) is 5. The average Bonchev–Trinajstić information content (AvgIpc) is 3.22. The summed E-state index contributed by atoms with van der Waals surface area (Å²) in [4.78, 5) is 28.2. The smallest absolute Gasteiger partial charge is 0.276 e. The fourth-order valence-corrected chi connectivity index (χ4v) is 5.13. The standard InChI is InChI=1S/C26H32FN3O4/c1-5-6-7-12-29-25(33)22-24(32)23(31)21(19-10-11-20(30(19)22)26(29)34-4)16(3)28-14-17-9-8-15(2)13-18(17)27/h8-9,13,20,26,28,32H,3,5-7,10-12,14H2,1-2,4H3. The second-order valence-corrected chi connectivity index (χ2v) is 9.08. The predicted molar refractivity (Wildman–Crippen MR) is 128 cm³/mol. The molecule has 2 unspecified atom stereocenters. The normalized spacial score (nSPS) is 18.8. The third kappa shape index (κ3) is 4.00. The average molecular weight is 470 g/mol. The zero-order valence-corrected chi connectivity index (χ0v) is 20.0. The maximum absolute atomic E-state index is 14.3. The molecule has 7 nitrogen and oxygen atoms in total. The highest BCUT2D eigenvalue weighted by molar-refractivity contribution is 5.97. The Morgan fingerprint density at radius 1 is 1.32 bits per heavy atom. The molecule has 2 aliphatic rings. The van der Waals surface area contributed by atoms with E-state index in [2.05, 4.69) is 18.8 Å². The molecule has 0 fully saturated rings. The Balaban J connectivity index is 1.70. The van der Waals surface area contributed by atoms with Crippen LogP contribution < -0.4 is 10.7 Å². The van der Waals surface area contributed by atoms with Crippen LogP contribution in [0.25, 0.3) is 5.70 Å². The lowest BCUT2D eigenvalue weighted by molar-refractivity contribution is -0.0597. The fourth-order valence-electron chi connectivity index (χ4n) is 5.13. The predicted octanol–water partition coefficient (Wildman–Crippen LogP) is 3.87. The minimum Gasteiger partial charge on any atom is -0.503 e. The monoisotopic (exact) mass is 469 g/mol. The number of ether oxygens (including phenoxy) is 1. The first-order valence-electron chi connectivity index (χ1n) is 11.8. The van der Waals surface area contributed by atoms with Crippen LogP contribution in [0.3, 0.4) is 0 Å². The number of aryl methyl sites for hydroxylation is 1. The van der Waals surface area contributed by atoms with E-state index in [1.165, 1.54) is 6.07 Å². The van der Waals surface area contributed by atoms with Crippen LogP contribution >= 0.6 is 0 Å². The number of aromatic nitrogens is 1. The van der Waals surface area contributed by atoms with E-state index in [4.69, 9.17) is 4.74 Å². The number of nitrogens with zero attached hydrogens (tertiary/aromatic N) is 2. The first-order chi connectivity index (χ1) is 16.3. The van der Waals surface area contributed by atoms with Gasteiger partial charge < -0.3 is 24.6 Å². The molecule has 2 atom stereocenters. The van der Waals surface area contributed by atoms with E-state index in [0.29, 0.717) is 30.6 Å². The Morgan fingerprint density at radius 3 is 2.76 bits per heavy atom. The van der Waals surface area contributed by atoms with Gasteiger partial charge in [-0.15, -0.1) is 0 Å². The summed E-state index contributed by atoms with van der Waals surface area (Å²) in [5.74, 6) is -1.31. The van der Waals surface area contributed by atoms with Gasteiger partial charge in [-0.2, -0.15) is 0 Å². The first-order valence-corrected chi connectivity index (χ1v) is 11.8. The summed E-state index contributed by atoms with van der Waals surface area (Å²) >= 11 is 0. The number of aromatic hydroxyl groups is 1. The third-order valence-electron chi connectivity index (χ3n) is 6.84. The SMILES string of the molecule is C=C(NCc1ccc(C)cc1F)c1c2n3c(c(O)c1=O)C(=O)N(CCCCC)C(OC)C3CC2. The lowest BCUT2D eigenvalue weighted by Gasteiger charge is -2.41. The molecule has 8 heteroatoms. The van der Waals surface area contributed by atoms with Crippen molar-refractivity contribution in [2.75, 3.05) is 13.7 Å². The van der Waals surface area contributed by atoms with Crippen molar-refractivity contribution in [2.24, 2.45) is 0 Å². The van der Waals surface area contributed by atoms with Crippen molar-refractivity contribution in [3.8, 4) is 5.75 Å². The number of unbranched alkanes of at least 4 members (excludes halogenated alkanes) is 2. The molecule has 2 N–H and O–H groups in total. The Labute approximate surface area is 198 Å². The molecule has 0 saturated carbocycles. The van der Waals surface area contributed by atoms with Crippen LogP contribution in [-0.4, -0.2) is 40.4 Å². The van der Waals surface area contributed by atoms with E-state index < -0.39 is 23.3 Å². The summed E-state index contributed by atoms with van der Waals surface area (Å²) < 4.78 is 21.8. The van der Waals surface area contributed by atoms with Gasteiger partial charge in [-0.05, 0) is 37.8 Å². The molecule has 1 aromatic carbocycles. The Hall–Kier alpha value is -3.13. The van der Waals surface area contributed by atoms with Crippen LogP contribution in [0.4, 0.5) is 4.39 Å². The quantitative estimate of drug-likeness (QED) is 0.545. The van der Waals surface area contributed by atoms with Gasteiger partial charge in [-0.25, -0.2) is 4.39 Å².